The first-order chi connectivity index (χ1) is 10.1. The van der Waals surface area contributed by atoms with E-state index in [1.807, 2.05) is 24.3 Å². The van der Waals surface area contributed by atoms with Gasteiger partial charge in [0, 0.05) is 23.7 Å². The van der Waals surface area contributed by atoms with Crippen LogP contribution in [0.3, 0.4) is 0 Å². The molecule has 110 valence electrons. The Hall–Kier alpha value is -2.17. The summed E-state index contributed by atoms with van der Waals surface area (Å²) in [5.74, 6) is 0.871. The van der Waals surface area contributed by atoms with Gasteiger partial charge in [0.05, 0.1) is 12.2 Å². The third-order valence-electron chi connectivity index (χ3n) is 3.57. The lowest BCUT2D eigenvalue weighted by atomic mass is 10.0. The molecule has 1 aliphatic rings. The van der Waals surface area contributed by atoms with E-state index < -0.39 is 11.7 Å². The molecule has 2 aromatic carbocycles. The van der Waals surface area contributed by atoms with Crippen molar-refractivity contribution >= 4 is 5.69 Å². The van der Waals surface area contributed by atoms with E-state index >= 15 is 0 Å². The molecular weight excluding hydrogens is 279 g/mol. The molecule has 2 aromatic rings. The maximum absolute atomic E-state index is 12.9. The minimum atomic E-state index is -4.35. The molecule has 21 heavy (non-hydrogen) atoms. The summed E-state index contributed by atoms with van der Waals surface area (Å²) in [4.78, 5) is 0. The van der Waals surface area contributed by atoms with Gasteiger partial charge in [0.25, 0.3) is 0 Å². The molecule has 0 bridgehead atoms. The molecule has 1 unspecified atom stereocenters. The number of halogens is 3. The molecule has 0 saturated carbocycles. The summed E-state index contributed by atoms with van der Waals surface area (Å²) in [6, 6.07) is 13.1. The number of fused-ring (bicyclic) bond motifs is 1. The SMILES string of the molecule is FC(F)(F)c1ccccc1NCC1COc2ccccc21. The highest BCUT2D eigenvalue weighted by Crippen LogP contribution is 2.36. The molecule has 0 saturated heterocycles. The molecule has 0 fully saturated rings. The summed E-state index contributed by atoms with van der Waals surface area (Å²) in [5, 5.41) is 2.90. The number of hydrogen-bond donors (Lipinski definition) is 1. The quantitative estimate of drug-likeness (QED) is 0.911. The van der Waals surface area contributed by atoms with Crippen LogP contribution in [0.15, 0.2) is 48.5 Å². The van der Waals surface area contributed by atoms with Crippen LogP contribution in [0.5, 0.6) is 5.75 Å². The van der Waals surface area contributed by atoms with Gasteiger partial charge in [0.2, 0.25) is 0 Å². The van der Waals surface area contributed by atoms with E-state index in [9.17, 15) is 13.2 Å². The summed E-state index contributed by atoms with van der Waals surface area (Å²) in [5.41, 5.74) is 0.501. The number of para-hydroxylation sites is 2. The summed E-state index contributed by atoms with van der Waals surface area (Å²) in [7, 11) is 0. The Morgan fingerprint density at radius 3 is 2.57 bits per heavy atom. The molecule has 1 aliphatic heterocycles. The van der Waals surface area contributed by atoms with Gasteiger partial charge in [-0.1, -0.05) is 30.3 Å². The Kier molecular flexibility index (Phi) is 3.49. The molecule has 1 N–H and O–H groups in total. The molecule has 3 rings (SSSR count). The number of benzene rings is 2. The zero-order chi connectivity index (χ0) is 14.9. The van der Waals surface area contributed by atoms with Gasteiger partial charge in [0.15, 0.2) is 0 Å². The van der Waals surface area contributed by atoms with Crippen molar-refractivity contribution in [1.82, 2.24) is 0 Å². The summed E-state index contributed by atoms with van der Waals surface area (Å²) in [6.45, 7) is 0.893. The normalized spacial score (nSPS) is 17.2. The Morgan fingerprint density at radius 1 is 1.05 bits per heavy atom. The van der Waals surface area contributed by atoms with Gasteiger partial charge >= 0.3 is 6.18 Å². The topological polar surface area (TPSA) is 21.3 Å². The first-order valence-corrected chi connectivity index (χ1v) is 6.67. The number of rotatable bonds is 3. The monoisotopic (exact) mass is 293 g/mol. The fourth-order valence-corrected chi connectivity index (χ4v) is 2.52. The Balaban J connectivity index is 1.75. The van der Waals surface area contributed by atoms with Crippen LogP contribution in [0.2, 0.25) is 0 Å². The van der Waals surface area contributed by atoms with E-state index in [1.54, 1.807) is 6.07 Å². The van der Waals surface area contributed by atoms with Crippen molar-refractivity contribution in [3.05, 3.63) is 59.7 Å². The Labute approximate surface area is 120 Å². The highest BCUT2D eigenvalue weighted by molar-refractivity contribution is 5.53. The first kappa shape index (κ1) is 13.8. The van der Waals surface area contributed by atoms with E-state index in [4.69, 9.17) is 4.74 Å². The van der Waals surface area contributed by atoms with Crippen LogP contribution in [0, 0.1) is 0 Å². The van der Waals surface area contributed by atoms with Crippen LogP contribution in [0.25, 0.3) is 0 Å². The second kappa shape index (κ2) is 5.31. The lowest BCUT2D eigenvalue weighted by molar-refractivity contribution is -0.136. The van der Waals surface area contributed by atoms with E-state index in [0.717, 1.165) is 17.4 Å². The van der Waals surface area contributed by atoms with E-state index in [1.165, 1.54) is 12.1 Å². The lowest BCUT2D eigenvalue weighted by Gasteiger charge is -2.16. The maximum Gasteiger partial charge on any atom is 0.418 e. The Bertz CT molecular complexity index is 639. The summed E-state index contributed by atoms with van der Waals surface area (Å²) >= 11 is 0. The highest BCUT2D eigenvalue weighted by Gasteiger charge is 2.33. The molecule has 0 amide bonds. The zero-order valence-corrected chi connectivity index (χ0v) is 11.2. The van der Waals surface area contributed by atoms with Crippen LogP contribution in [0.4, 0.5) is 18.9 Å². The highest BCUT2D eigenvalue weighted by atomic mass is 19.4. The second-order valence-corrected chi connectivity index (χ2v) is 4.97. The van der Waals surface area contributed by atoms with Gasteiger partial charge in [-0.2, -0.15) is 13.2 Å². The van der Waals surface area contributed by atoms with Gasteiger partial charge in [-0.3, -0.25) is 0 Å². The second-order valence-electron chi connectivity index (χ2n) is 4.97. The standard InChI is InChI=1S/C16H14F3NO/c17-16(18,19)13-6-2-3-7-14(13)20-9-11-10-21-15-8-4-1-5-12(11)15/h1-8,11,20H,9-10H2. The molecule has 0 aromatic heterocycles. The molecular formula is C16H14F3NO. The van der Waals surface area contributed by atoms with Crippen molar-refractivity contribution in [3.63, 3.8) is 0 Å². The van der Waals surface area contributed by atoms with Crippen molar-refractivity contribution in [2.24, 2.45) is 0 Å². The number of anilines is 1. The number of ether oxygens (including phenoxy) is 1. The lowest BCUT2D eigenvalue weighted by Crippen LogP contribution is -2.17. The number of alkyl halides is 3. The molecule has 1 atom stereocenters. The van der Waals surface area contributed by atoms with Crippen molar-refractivity contribution in [2.45, 2.75) is 12.1 Å². The minimum absolute atomic E-state index is 0.0579. The fourth-order valence-electron chi connectivity index (χ4n) is 2.52. The molecule has 2 nitrogen and oxygen atoms in total. The zero-order valence-electron chi connectivity index (χ0n) is 11.2. The largest absolute Gasteiger partial charge is 0.493 e. The minimum Gasteiger partial charge on any atom is -0.493 e. The number of hydrogen-bond acceptors (Lipinski definition) is 2. The van der Waals surface area contributed by atoms with Crippen molar-refractivity contribution < 1.29 is 17.9 Å². The van der Waals surface area contributed by atoms with Crippen LogP contribution < -0.4 is 10.1 Å². The van der Waals surface area contributed by atoms with Gasteiger partial charge < -0.3 is 10.1 Å². The van der Waals surface area contributed by atoms with Gasteiger partial charge in [-0.05, 0) is 18.2 Å². The smallest absolute Gasteiger partial charge is 0.418 e. The van der Waals surface area contributed by atoms with Crippen LogP contribution in [0.1, 0.15) is 17.0 Å². The third kappa shape index (κ3) is 2.82. The van der Waals surface area contributed by atoms with Crippen molar-refractivity contribution in [2.75, 3.05) is 18.5 Å². The maximum atomic E-state index is 12.9. The van der Waals surface area contributed by atoms with Crippen molar-refractivity contribution in [1.29, 1.82) is 0 Å². The third-order valence-corrected chi connectivity index (χ3v) is 3.57. The van der Waals surface area contributed by atoms with Gasteiger partial charge in [-0.25, -0.2) is 0 Å². The molecule has 1 heterocycles. The van der Waals surface area contributed by atoms with Gasteiger partial charge in [0.1, 0.15) is 5.75 Å². The molecule has 0 spiro atoms. The van der Waals surface area contributed by atoms with Crippen LogP contribution in [-0.4, -0.2) is 13.2 Å². The predicted molar refractivity (Wildman–Crippen MR) is 74.6 cm³/mol. The predicted octanol–water partition coefficient (Wildman–Crippen LogP) is 4.29. The van der Waals surface area contributed by atoms with Gasteiger partial charge in [-0.15, -0.1) is 0 Å². The first-order valence-electron chi connectivity index (χ1n) is 6.67. The van der Waals surface area contributed by atoms with E-state index in [-0.39, 0.29) is 11.6 Å². The van der Waals surface area contributed by atoms with Crippen LogP contribution in [-0.2, 0) is 6.18 Å². The molecule has 0 aliphatic carbocycles. The molecule has 0 radical (unpaired) electrons. The average molecular weight is 293 g/mol. The average Bonchev–Trinajstić information content (AvgIpc) is 2.88. The van der Waals surface area contributed by atoms with E-state index in [0.29, 0.717) is 13.2 Å². The van der Waals surface area contributed by atoms with E-state index in [2.05, 4.69) is 5.32 Å². The molecule has 5 heteroatoms. The Morgan fingerprint density at radius 2 is 1.76 bits per heavy atom. The van der Waals surface area contributed by atoms with Crippen LogP contribution >= 0.6 is 0 Å². The summed E-state index contributed by atoms with van der Waals surface area (Å²) < 4.78 is 44.3. The van der Waals surface area contributed by atoms with Crippen molar-refractivity contribution in [3.8, 4) is 5.75 Å². The number of nitrogens with one attached hydrogen (secondary N) is 1. The summed E-state index contributed by atoms with van der Waals surface area (Å²) in [6.07, 6.45) is -4.35. The fraction of sp³-hybridized carbons (Fsp3) is 0.250.